The van der Waals surface area contributed by atoms with E-state index in [1.165, 1.54) is 6.08 Å². The van der Waals surface area contributed by atoms with E-state index in [0.717, 1.165) is 12.8 Å². The molecule has 0 aromatic rings. The van der Waals surface area contributed by atoms with Crippen LogP contribution in [0.5, 0.6) is 0 Å². The lowest BCUT2D eigenvalue weighted by atomic mass is 10.2. The van der Waals surface area contributed by atoms with Crippen molar-refractivity contribution in [2.75, 3.05) is 6.54 Å². The number of carbonyl (C=O) groups is 2. The second-order valence-electron chi connectivity index (χ2n) is 4.42. The molecule has 0 aliphatic heterocycles. The zero-order chi connectivity index (χ0) is 13.1. The number of amides is 1. The molecule has 0 aromatic carbocycles. The van der Waals surface area contributed by atoms with Gasteiger partial charge in [-0.1, -0.05) is 45.4 Å². The summed E-state index contributed by atoms with van der Waals surface area (Å²) in [4.78, 5) is 22.7. The van der Waals surface area contributed by atoms with Crippen LogP contribution in [0.3, 0.4) is 0 Å². The molecular weight excluding hydrogens is 214 g/mol. The molecule has 0 aliphatic carbocycles. The van der Waals surface area contributed by atoms with Crippen LogP contribution >= 0.6 is 0 Å². The molecule has 0 saturated heterocycles. The second-order valence-corrected chi connectivity index (χ2v) is 4.42. The highest BCUT2D eigenvalue weighted by Gasteiger charge is 2.06. The lowest BCUT2D eigenvalue weighted by Gasteiger charge is -2.05. The van der Waals surface area contributed by atoms with Crippen LogP contribution in [0, 0.1) is 5.92 Å². The van der Waals surface area contributed by atoms with Crippen molar-refractivity contribution in [1.29, 1.82) is 0 Å². The van der Waals surface area contributed by atoms with Gasteiger partial charge >= 0.3 is 0 Å². The molecule has 0 rings (SSSR count). The molecule has 1 N–H and O–H groups in total. The van der Waals surface area contributed by atoms with Gasteiger partial charge in [-0.3, -0.25) is 9.59 Å². The van der Waals surface area contributed by atoms with Gasteiger partial charge in [0.1, 0.15) is 0 Å². The van der Waals surface area contributed by atoms with Gasteiger partial charge in [0, 0.05) is 6.54 Å². The second kappa shape index (κ2) is 9.82. The van der Waals surface area contributed by atoms with E-state index in [-0.39, 0.29) is 18.1 Å². The van der Waals surface area contributed by atoms with Crippen molar-refractivity contribution >= 4 is 11.7 Å². The Hall–Kier alpha value is -1.38. The van der Waals surface area contributed by atoms with E-state index in [1.807, 2.05) is 26.0 Å². The minimum atomic E-state index is -0.203. The lowest BCUT2D eigenvalue weighted by Crippen LogP contribution is -2.28. The third-order valence-corrected chi connectivity index (χ3v) is 2.03. The van der Waals surface area contributed by atoms with Crippen LogP contribution in [0.2, 0.25) is 0 Å². The fraction of sp³-hybridized carbons (Fsp3) is 0.571. The van der Waals surface area contributed by atoms with Crippen molar-refractivity contribution in [3.8, 4) is 0 Å². The molecule has 0 saturated carbocycles. The Kier molecular flexibility index (Phi) is 9.02. The van der Waals surface area contributed by atoms with Crippen molar-refractivity contribution < 1.29 is 9.59 Å². The fourth-order valence-corrected chi connectivity index (χ4v) is 1.10. The van der Waals surface area contributed by atoms with Crippen molar-refractivity contribution in [2.45, 2.75) is 40.0 Å². The van der Waals surface area contributed by atoms with Crippen LogP contribution in [-0.2, 0) is 9.59 Å². The van der Waals surface area contributed by atoms with Crippen LogP contribution in [0.1, 0.15) is 40.0 Å². The number of hydrogen-bond donors (Lipinski definition) is 1. The highest BCUT2D eigenvalue weighted by molar-refractivity contribution is 6.03. The summed E-state index contributed by atoms with van der Waals surface area (Å²) in [6.45, 7) is 6.74. The standard InChI is InChI=1S/C14H23NO2/c1-4-5-6-7-8-9-13(16)10-14(17)15-11-12(2)3/h6-9,12H,4-5,10-11H2,1-3H3,(H,15,17)/b7-6+,9-8+. The van der Waals surface area contributed by atoms with Gasteiger partial charge < -0.3 is 5.32 Å². The van der Waals surface area contributed by atoms with Gasteiger partial charge in [0.25, 0.3) is 0 Å². The predicted molar refractivity (Wildman–Crippen MR) is 70.7 cm³/mol. The highest BCUT2D eigenvalue weighted by atomic mass is 16.2. The molecule has 0 aliphatic rings. The van der Waals surface area contributed by atoms with E-state index in [1.54, 1.807) is 6.08 Å². The molecular formula is C14H23NO2. The third kappa shape index (κ3) is 10.9. The van der Waals surface area contributed by atoms with E-state index in [2.05, 4.69) is 12.2 Å². The maximum Gasteiger partial charge on any atom is 0.227 e. The Morgan fingerprint density at radius 2 is 1.94 bits per heavy atom. The number of nitrogens with one attached hydrogen (secondary N) is 1. The maximum atomic E-state index is 11.3. The number of rotatable bonds is 8. The molecule has 0 heterocycles. The number of hydrogen-bond acceptors (Lipinski definition) is 2. The molecule has 0 spiro atoms. The van der Waals surface area contributed by atoms with Crippen molar-refractivity contribution in [3.63, 3.8) is 0 Å². The summed E-state index contributed by atoms with van der Waals surface area (Å²) in [5.74, 6) is 0.0415. The molecule has 0 radical (unpaired) electrons. The van der Waals surface area contributed by atoms with Crippen LogP contribution in [0.4, 0.5) is 0 Å². The quantitative estimate of drug-likeness (QED) is 0.401. The molecule has 3 nitrogen and oxygen atoms in total. The van der Waals surface area contributed by atoms with Crippen LogP contribution < -0.4 is 5.32 Å². The normalized spacial score (nSPS) is 11.5. The van der Waals surface area contributed by atoms with Crippen molar-refractivity contribution in [3.05, 3.63) is 24.3 Å². The summed E-state index contributed by atoms with van der Waals surface area (Å²) in [5.41, 5.74) is 0. The summed E-state index contributed by atoms with van der Waals surface area (Å²) in [6, 6.07) is 0. The average Bonchev–Trinajstić information content (AvgIpc) is 2.26. The first-order valence-corrected chi connectivity index (χ1v) is 6.19. The minimum Gasteiger partial charge on any atom is -0.355 e. The maximum absolute atomic E-state index is 11.3. The summed E-state index contributed by atoms with van der Waals surface area (Å²) < 4.78 is 0. The topological polar surface area (TPSA) is 46.2 Å². The van der Waals surface area contributed by atoms with E-state index < -0.39 is 0 Å². The molecule has 3 heteroatoms. The van der Waals surface area contributed by atoms with Crippen molar-refractivity contribution in [2.24, 2.45) is 5.92 Å². The average molecular weight is 237 g/mol. The van der Waals surface area contributed by atoms with Gasteiger partial charge in [-0.05, 0) is 18.4 Å². The van der Waals surface area contributed by atoms with E-state index in [4.69, 9.17) is 0 Å². The first-order valence-electron chi connectivity index (χ1n) is 6.19. The van der Waals surface area contributed by atoms with Gasteiger partial charge in [-0.15, -0.1) is 0 Å². The third-order valence-electron chi connectivity index (χ3n) is 2.03. The Labute approximate surface area is 104 Å². The SMILES string of the molecule is CCC/C=C/C=C/C(=O)CC(=O)NCC(C)C. The number of unbranched alkanes of at least 4 members (excludes halogenated alkanes) is 1. The lowest BCUT2D eigenvalue weighted by molar-refractivity contribution is -0.126. The summed E-state index contributed by atoms with van der Waals surface area (Å²) in [5, 5.41) is 2.71. The molecule has 0 fully saturated rings. The van der Waals surface area contributed by atoms with Gasteiger partial charge in [0.2, 0.25) is 5.91 Å². The Morgan fingerprint density at radius 1 is 1.24 bits per heavy atom. The zero-order valence-electron chi connectivity index (χ0n) is 11.0. The van der Waals surface area contributed by atoms with Gasteiger partial charge in [0.15, 0.2) is 5.78 Å². The van der Waals surface area contributed by atoms with E-state index >= 15 is 0 Å². The smallest absolute Gasteiger partial charge is 0.227 e. The van der Waals surface area contributed by atoms with Gasteiger partial charge in [-0.25, -0.2) is 0 Å². The van der Waals surface area contributed by atoms with Gasteiger partial charge in [0.05, 0.1) is 6.42 Å². The highest BCUT2D eigenvalue weighted by Crippen LogP contribution is 1.92. The molecule has 17 heavy (non-hydrogen) atoms. The summed E-state index contributed by atoms with van der Waals surface area (Å²) in [6.07, 6.45) is 9.01. The first-order chi connectivity index (χ1) is 8.06. The Morgan fingerprint density at radius 3 is 2.53 bits per heavy atom. The van der Waals surface area contributed by atoms with Gasteiger partial charge in [-0.2, -0.15) is 0 Å². The van der Waals surface area contributed by atoms with Crippen LogP contribution in [-0.4, -0.2) is 18.2 Å². The first kappa shape index (κ1) is 15.6. The number of carbonyl (C=O) groups excluding carboxylic acids is 2. The Bertz CT molecular complexity index is 291. The number of ketones is 1. The molecule has 96 valence electrons. The van der Waals surface area contributed by atoms with E-state index in [0.29, 0.717) is 12.5 Å². The predicted octanol–water partition coefficient (Wildman–Crippen LogP) is 2.63. The minimum absolute atomic E-state index is 0.0646. The summed E-state index contributed by atoms with van der Waals surface area (Å²) >= 11 is 0. The summed E-state index contributed by atoms with van der Waals surface area (Å²) in [7, 11) is 0. The molecule has 0 bridgehead atoms. The number of allylic oxidation sites excluding steroid dienone is 4. The molecule has 0 atom stereocenters. The van der Waals surface area contributed by atoms with Crippen molar-refractivity contribution in [1.82, 2.24) is 5.32 Å². The monoisotopic (exact) mass is 237 g/mol. The molecule has 0 unspecified atom stereocenters. The van der Waals surface area contributed by atoms with Crippen LogP contribution in [0.15, 0.2) is 24.3 Å². The largest absolute Gasteiger partial charge is 0.355 e. The zero-order valence-corrected chi connectivity index (χ0v) is 11.0. The van der Waals surface area contributed by atoms with Crippen LogP contribution in [0.25, 0.3) is 0 Å². The molecule has 1 amide bonds. The van der Waals surface area contributed by atoms with E-state index in [9.17, 15) is 9.59 Å². The fourth-order valence-electron chi connectivity index (χ4n) is 1.10. The Balaban J connectivity index is 3.81. The molecule has 0 aromatic heterocycles.